The largest absolute Gasteiger partial charge is 0.493 e. The minimum Gasteiger partial charge on any atom is -0.493 e. The highest BCUT2D eigenvalue weighted by Gasteiger charge is 2.30. The zero-order chi connectivity index (χ0) is 27.5. The maximum atomic E-state index is 12.5. The summed E-state index contributed by atoms with van der Waals surface area (Å²) in [5.74, 6) is -0.854. The molecular formula is C26H31N3O9. The molecule has 0 atom stereocenters. The number of benzene rings is 2. The van der Waals surface area contributed by atoms with Crippen LogP contribution in [0.5, 0.6) is 11.5 Å². The number of hydrogen-bond acceptors (Lipinski definition) is 9. The maximum absolute atomic E-state index is 12.5. The SMILES string of the molecule is COC(=O)c1cc(OC2CCC(C(=O)NCCNC(=O)OCc3ccccc3)CC2)c(OC)cc1[N+](=O)[O-]. The number of methoxy groups -OCH3 is 2. The molecule has 0 aliphatic heterocycles. The molecule has 0 saturated heterocycles. The van der Waals surface area contributed by atoms with Gasteiger partial charge >= 0.3 is 12.1 Å². The van der Waals surface area contributed by atoms with Crippen LogP contribution in [0.2, 0.25) is 0 Å². The van der Waals surface area contributed by atoms with E-state index in [1.807, 2.05) is 30.3 Å². The van der Waals surface area contributed by atoms with Crippen molar-refractivity contribution >= 4 is 23.7 Å². The molecule has 3 rings (SSSR count). The van der Waals surface area contributed by atoms with Gasteiger partial charge in [-0.05, 0) is 31.2 Å². The fourth-order valence-corrected chi connectivity index (χ4v) is 4.12. The van der Waals surface area contributed by atoms with Crippen molar-refractivity contribution in [2.45, 2.75) is 38.4 Å². The van der Waals surface area contributed by atoms with E-state index in [1.165, 1.54) is 13.2 Å². The van der Waals surface area contributed by atoms with E-state index in [9.17, 15) is 24.5 Å². The lowest BCUT2D eigenvalue weighted by Gasteiger charge is -2.28. The van der Waals surface area contributed by atoms with E-state index >= 15 is 0 Å². The smallest absolute Gasteiger partial charge is 0.407 e. The van der Waals surface area contributed by atoms with Crippen LogP contribution < -0.4 is 20.1 Å². The van der Waals surface area contributed by atoms with E-state index in [0.717, 1.165) is 18.7 Å². The van der Waals surface area contributed by atoms with Crippen LogP contribution in [0.4, 0.5) is 10.5 Å². The van der Waals surface area contributed by atoms with Gasteiger partial charge in [-0.15, -0.1) is 0 Å². The molecule has 12 heteroatoms. The molecule has 0 heterocycles. The van der Waals surface area contributed by atoms with E-state index in [1.54, 1.807) is 0 Å². The Morgan fingerprint density at radius 2 is 1.66 bits per heavy atom. The number of alkyl carbamates (subject to hydrolysis) is 1. The van der Waals surface area contributed by atoms with Crippen molar-refractivity contribution in [2.75, 3.05) is 27.3 Å². The molecule has 1 aliphatic carbocycles. The maximum Gasteiger partial charge on any atom is 0.407 e. The number of carbonyl (C=O) groups excluding carboxylic acids is 3. The fourth-order valence-electron chi connectivity index (χ4n) is 4.12. The molecule has 1 fully saturated rings. The molecular weight excluding hydrogens is 498 g/mol. The van der Waals surface area contributed by atoms with Crippen LogP contribution in [0.15, 0.2) is 42.5 Å². The van der Waals surface area contributed by atoms with Gasteiger partial charge in [-0.25, -0.2) is 9.59 Å². The Morgan fingerprint density at radius 3 is 2.29 bits per heavy atom. The van der Waals surface area contributed by atoms with Crippen molar-refractivity contribution in [2.24, 2.45) is 5.92 Å². The third-order valence-corrected chi connectivity index (χ3v) is 6.13. The van der Waals surface area contributed by atoms with Gasteiger partial charge in [0.1, 0.15) is 12.2 Å². The number of carbonyl (C=O) groups is 3. The lowest BCUT2D eigenvalue weighted by Crippen LogP contribution is -2.39. The molecule has 2 aromatic rings. The van der Waals surface area contributed by atoms with Crippen molar-refractivity contribution in [3.63, 3.8) is 0 Å². The van der Waals surface area contributed by atoms with Gasteiger partial charge in [-0.3, -0.25) is 14.9 Å². The molecule has 2 N–H and O–H groups in total. The molecule has 0 aromatic heterocycles. The van der Waals surface area contributed by atoms with Crippen LogP contribution in [0, 0.1) is 16.0 Å². The fraction of sp³-hybridized carbons (Fsp3) is 0.423. The van der Waals surface area contributed by atoms with Gasteiger partial charge in [0.25, 0.3) is 5.69 Å². The zero-order valence-electron chi connectivity index (χ0n) is 21.3. The van der Waals surface area contributed by atoms with E-state index in [-0.39, 0.29) is 54.7 Å². The molecule has 2 amide bonds. The molecule has 12 nitrogen and oxygen atoms in total. The number of esters is 1. The summed E-state index contributed by atoms with van der Waals surface area (Å²) in [4.78, 5) is 47.0. The predicted octanol–water partition coefficient (Wildman–Crippen LogP) is 3.37. The Labute approximate surface area is 219 Å². The molecule has 38 heavy (non-hydrogen) atoms. The minimum atomic E-state index is -0.858. The Hall–Kier alpha value is -4.35. The second-order valence-corrected chi connectivity index (χ2v) is 8.64. The van der Waals surface area contributed by atoms with Crippen molar-refractivity contribution in [1.29, 1.82) is 0 Å². The van der Waals surface area contributed by atoms with Crippen molar-refractivity contribution in [1.82, 2.24) is 10.6 Å². The lowest BCUT2D eigenvalue weighted by molar-refractivity contribution is -0.385. The standard InChI is InChI=1S/C26H31N3O9/c1-35-22-15-21(29(33)34)20(25(31)36-2)14-23(22)38-19-10-8-18(9-11-19)24(30)27-12-13-28-26(32)37-16-17-6-4-3-5-7-17/h3-7,14-15,18-19H,8-13,16H2,1-2H3,(H,27,30)(H,28,32). The van der Waals surface area contributed by atoms with Gasteiger partial charge in [-0.1, -0.05) is 30.3 Å². The number of rotatable bonds is 11. The Balaban J connectivity index is 1.43. The molecule has 0 unspecified atom stereocenters. The van der Waals surface area contributed by atoms with Crippen LogP contribution in [0.25, 0.3) is 0 Å². The number of hydrogen-bond donors (Lipinski definition) is 2. The quantitative estimate of drug-likeness (QED) is 0.193. The number of ether oxygens (including phenoxy) is 4. The third-order valence-electron chi connectivity index (χ3n) is 6.13. The first kappa shape index (κ1) is 28.2. The van der Waals surface area contributed by atoms with Crippen LogP contribution in [0.3, 0.4) is 0 Å². The predicted molar refractivity (Wildman–Crippen MR) is 135 cm³/mol. The molecule has 0 spiro atoms. The first-order valence-corrected chi connectivity index (χ1v) is 12.2. The van der Waals surface area contributed by atoms with E-state index < -0.39 is 22.7 Å². The summed E-state index contributed by atoms with van der Waals surface area (Å²) in [5.41, 5.74) is 0.200. The Kier molecular flexibility index (Phi) is 10.3. The van der Waals surface area contributed by atoms with Crippen molar-refractivity contribution in [3.05, 3.63) is 63.7 Å². The van der Waals surface area contributed by atoms with Gasteiger partial charge in [0, 0.05) is 25.1 Å². The average Bonchev–Trinajstić information content (AvgIpc) is 2.94. The van der Waals surface area contributed by atoms with Crippen LogP contribution >= 0.6 is 0 Å². The lowest BCUT2D eigenvalue weighted by atomic mass is 9.86. The summed E-state index contributed by atoms with van der Waals surface area (Å²) in [7, 11) is 2.49. The van der Waals surface area contributed by atoms with E-state index in [0.29, 0.717) is 25.7 Å². The van der Waals surface area contributed by atoms with Crippen molar-refractivity contribution in [3.8, 4) is 11.5 Å². The summed E-state index contributed by atoms with van der Waals surface area (Å²) < 4.78 is 21.0. The average molecular weight is 530 g/mol. The van der Waals surface area contributed by atoms with E-state index in [4.69, 9.17) is 14.2 Å². The first-order valence-electron chi connectivity index (χ1n) is 12.2. The summed E-state index contributed by atoms with van der Waals surface area (Å²) in [6, 6.07) is 11.7. The second-order valence-electron chi connectivity index (χ2n) is 8.64. The molecule has 2 aromatic carbocycles. The van der Waals surface area contributed by atoms with Gasteiger partial charge in [0.05, 0.1) is 31.3 Å². The van der Waals surface area contributed by atoms with Crippen LogP contribution in [-0.4, -0.2) is 56.3 Å². The third kappa shape index (κ3) is 7.82. The zero-order valence-corrected chi connectivity index (χ0v) is 21.3. The highest BCUT2D eigenvalue weighted by molar-refractivity contribution is 5.95. The normalized spacial score (nSPS) is 16.6. The number of nitro benzene ring substituents is 1. The highest BCUT2D eigenvalue weighted by atomic mass is 16.6. The molecule has 204 valence electrons. The Morgan fingerprint density at radius 1 is 0.974 bits per heavy atom. The summed E-state index contributed by atoms with van der Waals surface area (Å²) in [5, 5.41) is 16.8. The number of nitrogens with zero attached hydrogens (tertiary/aromatic N) is 1. The number of nitro groups is 1. The monoisotopic (exact) mass is 529 g/mol. The summed E-state index contributed by atoms with van der Waals surface area (Å²) >= 11 is 0. The highest BCUT2D eigenvalue weighted by Crippen LogP contribution is 2.37. The number of amides is 2. The summed E-state index contributed by atoms with van der Waals surface area (Å²) in [6.45, 7) is 0.673. The topological polar surface area (TPSA) is 155 Å². The van der Waals surface area contributed by atoms with Gasteiger partial charge < -0.3 is 29.6 Å². The van der Waals surface area contributed by atoms with Crippen LogP contribution in [-0.2, 0) is 20.9 Å². The second kappa shape index (κ2) is 13.8. The van der Waals surface area contributed by atoms with Crippen molar-refractivity contribution < 1.29 is 38.3 Å². The first-order chi connectivity index (χ1) is 18.3. The van der Waals surface area contributed by atoms with Gasteiger partial charge in [-0.2, -0.15) is 0 Å². The van der Waals surface area contributed by atoms with Crippen LogP contribution in [0.1, 0.15) is 41.6 Å². The molecule has 0 bridgehead atoms. The van der Waals surface area contributed by atoms with Gasteiger partial charge in [0.2, 0.25) is 5.91 Å². The Bertz CT molecular complexity index is 1130. The van der Waals surface area contributed by atoms with E-state index in [2.05, 4.69) is 15.4 Å². The van der Waals surface area contributed by atoms with Gasteiger partial charge in [0.15, 0.2) is 11.5 Å². The number of nitrogens with one attached hydrogen (secondary N) is 2. The molecule has 1 aliphatic rings. The molecule has 1 saturated carbocycles. The molecule has 0 radical (unpaired) electrons. The minimum absolute atomic E-state index is 0.108. The summed E-state index contributed by atoms with van der Waals surface area (Å²) in [6.07, 6.45) is 1.45.